The first-order valence-electron chi connectivity index (χ1n) is 11.0. The molecule has 2 heterocycles. The number of aromatic nitrogens is 1. The quantitative estimate of drug-likeness (QED) is 0.590. The number of pyridine rings is 1. The summed E-state index contributed by atoms with van der Waals surface area (Å²) >= 11 is 0. The molecule has 0 radical (unpaired) electrons. The van der Waals surface area contributed by atoms with Gasteiger partial charge in [-0.25, -0.2) is 13.4 Å². The van der Waals surface area contributed by atoms with Crippen LogP contribution in [0.4, 0.5) is 5.69 Å². The Hall–Kier alpha value is -3.47. The molecule has 1 amide bonds. The summed E-state index contributed by atoms with van der Waals surface area (Å²) in [5, 5.41) is 2.83. The number of rotatable bonds is 4. The highest BCUT2D eigenvalue weighted by Crippen LogP contribution is 2.22. The highest BCUT2D eigenvalue weighted by atomic mass is 32.2. The second-order valence-corrected chi connectivity index (χ2v) is 9.78. The van der Waals surface area contributed by atoms with Crippen LogP contribution in [-0.2, 0) is 10.0 Å². The zero-order chi connectivity index (χ0) is 23.1. The van der Waals surface area contributed by atoms with Crippen LogP contribution >= 0.6 is 0 Å². The Balaban J connectivity index is 1.50. The maximum atomic E-state index is 13.1. The van der Waals surface area contributed by atoms with Gasteiger partial charge in [-0.05, 0) is 67.3 Å². The topological polar surface area (TPSA) is 79.4 Å². The molecule has 6 nitrogen and oxygen atoms in total. The summed E-state index contributed by atoms with van der Waals surface area (Å²) in [5.74, 6) is 5.65. The van der Waals surface area contributed by atoms with E-state index in [-0.39, 0.29) is 16.4 Å². The van der Waals surface area contributed by atoms with Crippen LogP contribution in [0.1, 0.15) is 47.3 Å². The molecule has 1 aliphatic rings. The molecule has 0 spiro atoms. The summed E-state index contributed by atoms with van der Waals surface area (Å²) in [4.78, 5) is 17.2. The number of amides is 1. The highest BCUT2D eigenvalue weighted by Gasteiger charge is 2.25. The molecule has 1 N–H and O–H groups in total. The van der Waals surface area contributed by atoms with Crippen LogP contribution in [0, 0.1) is 11.8 Å². The van der Waals surface area contributed by atoms with E-state index >= 15 is 0 Å². The van der Waals surface area contributed by atoms with Gasteiger partial charge in [0.1, 0.15) is 5.69 Å². The Morgan fingerprint density at radius 3 is 2.42 bits per heavy atom. The van der Waals surface area contributed by atoms with Crippen LogP contribution in [0.25, 0.3) is 0 Å². The Labute approximate surface area is 194 Å². The van der Waals surface area contributed by atoms with Crippen LogP contribution < -0.4 is 5.32 Å². The van der Waals surface area contributed by atoms with Gasteiger partial charge in [0.05, 0.1) is 4.90 Å². The minimum absolute atomic E-state index is 0.145. The number of benzene rings is 2. The number of hydrogen-bond donors (Lipinski definition) is 1. The molecule has 0 unspecified atom stereocenters. The molecule has 0 bridgehead atoms. The molecule has 168 valence electrons. The minimum Gasteiger partial charge on any atom is -0.322 e. The molecule has 1 aliphatic heterocycles. The van der Waals surface area contributed by atoms with Crippen LogP contribution in [0.15, 0.2) is 77.8 Å². The molecule has 0 atom stereocenters. The average Bonchev–Trinajstić information content (AvgIpc) is 3.14. The molecule has 1 aromatic heterocycles. The van der Waals surface area contributed by atoms with Gasteiger partial charge in [0.25, 0.3) is 5.91 Å². The Morgan fingerprint density at radius 1 is 0.879 bits per heavy atom. The minimum atomic E-state index is -3.63. The molecular formula is C26H25N3O3S. The third-order valence-electron chi connectivity index (χ3n) is 5.42. The van der Waals surface area contributed by atoms with E-state index in [2.05, 4.69) is 22.1 Å². The number of carbonyl (C=O) groups excluding carboxylic acids is 1. The van der Waals surface area contributed by atoms with E-state index in [1.54, 1.807) is 42.6 Å². The summed E-state index contributed by atoms with van der Waals surface area (Å²) in [6.45, 7) is 1.04. The fraction of sp³-hybridized carbons (Fsp3) is 0.231. The van der Waals surface area contributed by atoms with Crippen molar-refractivity contribution in [3.63, 3.8) is 0 Å². The molecular weight excluding hydrogens is 434 g/mol. The van der Waals surface area contributed by atoms with Gasteiger partial charge in [0, 0.05) is 36.1 Å². The molecule has 0 aliphatic carbocycles. The standard InChI is InChI=1S/C26H25N3O3S/c30-26(28-24-12-7-9-21(19-24)14-15-23-11-3-4-16-27-23)22-10-8-13-25(20-22)33(31,32)29-17-5-1-2-6-18-29/h3-4,7-13,16,19-20H,1-2,5-6,17-18H2,(H,28,30). The van der Waals surface area contributed by atoms with Crippen LogP contribution in [0.2, 0.25) is 0 Å². The molecule has 33 heavy (non-hydrogen) atoms. The first-order valence-corrected chi connectivity index (χ1v) is 12.4. The van der Waals surface area contributed by atoms with Crippen molar-refractivity contribution in [3.8, 4) is 11.8 Å². The fourth-order valence-electron chi connectivity index (χ4n) is 3.68. The second kappa shape index (κ2) is 10.4. The van der Waals surface area contributed by atoms with Gasteiger partial charge in [0.15, 0.2) is 0 Å². The number of nitrogens with zero attached hydrogens (tertiary/aromatic N) is 2. The third-order valence-corrected chi connectivity index (χ3v) is 7.31. The number of carbonyl (C=O) groups is 1. The normalized spacial score (nSPS) is 14.5. The van der Waals surface area contributed by atoms with Gasteiger partial charge in [0.2, 0.25) is 10.0 Å². The second-order valence-electron chi connectivity index (χ2n) is 7.85. The molecule has 1 saturated heterocycles. The van der Waals surface area contributed by atoms with Crippen molar-refractivity contribution in [1.82, 2.24) is 9.29 Å². The summed E-state index contributed by atoms with van der Waals surface area (Å²) in [5.41, 5.74) is 2.26. The van der Waals surface area contributed by atoms with Crippen LogP contribution in [-0.4, -0.2) is 36.7 Å². The van der Waals surface area contributed by atoms with Crippen molar-refractivity contribution in [3.05, 3.63) is 89.7 Å². The molecule has 3 aromatic rings. The first-order chi connectivity index (χ1) is 16.0. The van der Waals surface area contributed by atoms with Crippen molar-refractivity contribution in [2.75, 3.05) is 18.4 Å². The van der Waals surface area contributed by atoms with Gasteiger partial charge < -0.3 is 5.32 Å². The van der Waals surface area contributed by atoms with E-state index in [0.717, 1.165) is 31.2 Å². The average molecular weight is 460 g/mol. The Kier molecular flexibility index (Phi) is 7.18. The predicted molar refractivity (Wildman–Crippen MR) is 128 cm³/mol. The number of sulfonamides is 1. The van der Waals surface area contributed by atoms with Gasteiger partial charge in [-0.1, -0.05) is 37.0 Å². The SMILES string of the molecule is O=C(Nc1cccc(C#Cc2ccccn2)c1)c1cccc(S(=O)(=O)N2CCCCCC2)c1. The zero-order valence-electron chi connectivity index (χ0n) is 18.2. The fourth-order valence-corrected chi connectivity index (χ4v) is 5.24. The number of nitrogens with one attached hydrogen (secondary N) is 1. The van der Waals surface area contributed by atoms with Crippen molar-refractivity contribution in [2.45, 2.75) is 30.6 Å². The lowest BCUT2D eigenvalue weighted by Crippen LogP contribution is -2.32. The van der Waals surface area contributed by atoms with Crippen molar-refractivity contribution in [1.29, 1.82) is 0 Å². The Bertz CT molecular complexity index is 1290. The van der Waals surface area contributed by atoms with E-state index in [4.69, 9.17) is 0 Å². The number of anilines is 1. The van der Waals surface area contributed by atoms with E-state index in [1.807, 2.05) is 24.3 Å². The van der Waals surface area contributed by atoms with Crippen molar-refractivity contribution >= 4 is 21.6 Å². The Morgan fingerprint density at radius 2 is 1.67 bits per heavy atom. The molecule has 7 heteroatoms. The van der Waals surface area contributed by atoms with Crippen molar-refractivity contribution < 1.29 is 13.2 Å². The molecule has 2 aromatic carbocycles. The lowest BCUT2D eigenvalue weighted by Gasteiger charge is -2.20. The smallest absolute Gasteiger partial charge is 0.255 e. The lowest BCUT2D eigenvalue weighted by molar-refractivity contribution is 0.102. The van der Waals surface area contributed by atoms with Crippen LogP contribution in [0.3, 0.4) is 0 Å². The first kappa shape index (κ1) is 22.7. The maximum absolute atomic E-state index is 13.1. The van der Waals surface area contributed by atoms with E-state index < -0.39 is 10.0 Å². The lowest BCUT2D eigenvalue weighted by atomic mass is 10.1. The summed E-state index contributed by atoms with van der Waals surface area (Å²) < 4.78 is 27.7. The highest BCUT2D eigenvalue weighted by molar-refractivity contribution is 7.89. The monoisotopic (exact) mass is 459 g/mol. The van der Waals surface area contributed by atoms with Gasteiger partial charge >= 0.3 is 0 Å². The summed E-state index contributed by atoms with van der Waals surface area (Å²) in [6, 6.07) is 18.9. The molecule has 1 fully saturated rings. The summed E-state index contributed by atoms with van der Waals surface area (Å²) in [7, 11) is -3.63. The third kappa shape index (κ3) is 5.86. The zero-order valence-corrected chi connectivity index (χ0v) is 19.0. The largest absolute Gasteiger partial charge is 0.322 e. The molecule has 4 rings (SSSR count). The predicted octanol–water partition coefficient (Wildman–Crippen LogP) is 4.30. The van der Waals surface area contributed by atoms with Gasteiger partial charge in [-0.2, -0.15) is 4.31 Å². The molecule has 0 saturated carbocycles. The maximum Gasteiger partial charge on any atom is 0.255 e. The van der Waals surface area contributed by atoms with E-state index in [9.17, 15) is 13.2 Å². The number of hydrogen-bond acceptors (Lipinski definition) is 4. The van der Waals surface area contributed by atoms with E-state index in [0.29, 0.717) is 24.5 Å². The van der Waals surface area contributed by atoms with Gasteiger partial charge in [-0.15, -0.1) is 0 Å². The van der Waals surface area contributed by atoms with Gasteiger partial charge in [-0.3, -0.25) is 4.79 Å². The van der Waals surface area contributed by atoms with Crippen molar-refractivity contribution in [2.24, 2.45) is 0 Å². The van der Waals surface area contributed by atoms with E-state index in [1.165, 1.54) is 10.4 Å². The summed E-state index contributed by atoms with van der Waals surface area (Å²) in [6.07, 6.45) is 5.49. The van der Waals surface area contributed by atoms with Crippen LogP contribution in [0.5, 0.6) is 0 Å².